The van der Waals surface area contributed by atoms with E-state index in [-0.39, 0.29) is 17.4 Å². The molecule has 7 heteroatoms. The molecule has 0 aromatic heterocycles. The first kappa shape index (κ1) is 17.7. The van der Waals surface area contributed by atoms with Crippen molar-refractivity contribution in [3.8, 4) is 0 Å². The average molecular weight is 342 g/mol. The van der Waals surface area contributed by atoms with E-state index in [0.717, 1.165) is 25.5 Å². The molecule has 2 amide bonds. The van der Waals surface area contributed by atoms with Gasteiger partial charge in [-0.2, -0.15) is 0 Å². The van der Waals surface area contributed by atoms with Gasteiger partial charge in [-0.3, -0.25) is 9.59 Å². The smallest absolute Gasteiger partial charge is 0.233 e. The molecule has 1 fully saturated rings. The Balaban J connectivity index is 1.69. The molecule has 1 atom stereocenters. The van der Waals surface area contributed by atoms with Crippen LogP contribution < -0.4 is 10.6 Å². The van der Waals surface area contributed by atoms with Gasteiger partial charge in [-0.05, 0) is 51.1 Å². The molecule has 126 valence electrons. The second kappa shape index (κ2) is 8.26. The van der Waals surface area contributed by atoms with Gasteiger partial charge in [0.1, 0.15) is 12.2 Å². The van der Waals surface area contributed by atoms with Crippen molar-refractivity contribution in [3.63, 3.8) is 0 Å². The second-order valence-corrected chi connectivity index (χ2v) is 6.18. The van der Waals surface area contributed by atoms with Gasteiger partial charge < -0.3 is 15.5 Å². The summed E-state index contributed by atoms with van der Waals surface area (Å²) in [5.74, 6) is -1.33. The lowest BCUT2D eigenvalue weighted by Crippen LogP contribution is -2.33. The molecule has 0 aliphatic carbocycles. The second-order valence-electron chi connectivity index (χ2n) is 5.77. The van der Waals surface area contributed by atoms with E-state index >= 15 is 0 Å². The van der Waals surface area contributed by atoms with Gasteiger partial charge >= 0.3 is 0 Å². The van der Waals surface area contributed by atoms with E-state index in [2.05, 4.69) is 22.6 Å². The minimum Gasteiger partial charge on any atom is -0.356 e. The molecule has 5 nitrogen and oxygen atoms in total. The molecule has 1 aromatic carbocycles. The molecule has 0 bridgehead atoms. The molecule has 23 heavy (non-hydrogen) atoms. The first-order valence-electron chi connectivity index (χ1n) is 7.67. The first-order valence-corrected chi connectivity index (χ1v) is 8.05. The number of nitrogens with zero attached hydrogens (tertiary/aromatic N) is 1. The van der Waals surface area contributed by atoms with Crippen LogP contribution in [-0.2, 0) is 9.59 Å². The van der Waals surface area contributed by atoms with Crippen molar-refractivity contribution in [3.05, 3.63) is 29.0 Å². The van der Waals surface area contributed by atoms with Crippen molar-refractivity contribution in [1.82, 2.24) is 10.2 Å². The lowest BCUT2D eigenvalue weighted by Gasteiger charge is -2.19. The minimum absolute atomic E-state index is 0.0760. The molecule has 0 spiro atoms. The van der Waals surface area contributed by atoms with E-state index in [1.165, 1.54) is 18.6 Å². The van der Waals surface area contributed by atoms with Crippen LogP contribution in [0.5, 0.6) is 0 Å². The van der Waals surface area contributed by atoms with Crippen LogP contribution >= 0.6 is 11.6 Å². The van der Waals surface area contributed by atoms with Crippen molar-refractivity contribution < 1.29 is 14.0 Å². The van der Waals surface area contributed by atoms with Gasteiger partial charge in [0.25, 0.3) is 0 Å². The van der Waals surface area contributed by atoms with Gasteiger partial charge in [-0.15, -0.1) is 0 Å². The van der Waals surface area contributed by atoms with Crippen LogP contribution in [0.15, 0.2) is 18.2 Å². The molecule has 1 aliphatic rings. The van der Waals surface area contributed by atoms with Gasteiger partial charge in [0.2, 0.25) is 11.8 Å². The van der Waals surface area contributed by atoms with Gasteiger partial charge in [-0.1, -0.05) is 11.6 Å². The number of amides is 2. The normalized spacial score (nSPS) is 18.0. The van der Waals surface area contributed by atoms with E-state index in [9.17, 15) is 14.0 Å². The molecule has 0 saturated carbocycles. The number of rotatable bonds is 6. The summed E-state index contributed by atoms with van der Waals surface area (Å²) in [6, 6.07) is 4.37. The molecule has 0 radical (unpaired) electrons. The summed E-state index contributed by atoms with van der Waals surface area (Å²) in [6.07, 6.45) is 2.96. The Bertz CT molecular complexity index is 582. The summed E-state index contributed by atoms with van der Waals surface area (Å²) >= 11 is 5.64. The Morgan fingerprint density at radius 2 is 2.17 bits per heavy atom. The summed E-state index contributed by atoms with van der Waals surface area (Å²) in [5, 5.41) is 5.20. The number of carbonyl (C=O) groups is 2. The fraction of sp³-hybridized carbons (Fsp3) is 0.500. The number of carbonyl (C=O) groups excluding carboxylic acids is 2. The maximum Gasteiger partial charge on any atom is 0.233 e. The molecule has 1 saturated heterocycles. The zero-order valence-corrected chi connectivity index (χ0v) is 13.8. The molecule has 2 N–H and O–H groups in total. The van der Waals surface area contributed by atoms with Crippen molar-refractivity contribution in [2.24, 2.45) is 0 Å². The van der Waals surface area contributed by atoms with Crippen LogP contribution in [-0.4, -0.2) is 42.9 Å². The Morgan fingerprint density at radius 1 is 1.39 bits per heavy atom. The highest BCUT2D eigenvalue weighted by molar-refractivity contribution is 6.31. The SMILES string of the molecule is CN1CCC[C@H]1CCNC(=O)CC(=O)Nc1ccc(F)c(Cl)c1. The lowest BCUT2D eigenvalue weighted by atomic mass is 10.1. The van der Waals surface area contributed by atoms with E-state index in [4.69, 9.17) is 11.6 Å². The molecule has 2 rings (SSSR count). The predicted octanol–water partition coefficient (Wildman–Crippen LogP) is 2.41. The highest BCUT2D eigenvalue weighted by Gasteiger charge is 2.20. The standard InChI is InChI=1S/C16H21ClFN3O2/c1-21-8-2-3-12(21)6-7-19-15(22)10-16(23)20-11-4-5-14(18)13(17)9-11/h4-5,9,12H,2-3,6-8,10H2,1H3,(H,19,22)(H,20,23)/t12-/m0/s1. The number of anilines is 1. The monoisotopic (exact) mass is 341 g/mol. The summed E-state index contributed by atoms with van der Waals surface area (Å²) in [5.41, 5.74) is 0.363. The van der Waals surface area contributed by atoms with Crippen molar-refractivity contribution >= 4 is 29.1 Å². The number of halogens is 2. The highest BCUT2D eigenvalue weighted by atomic mass is 35.5. The van der Waals surface area contributed by atoms with E-state index in [0.29, 0.717) is 18.3 Å². The molecule has 0 unspecified atom stereocenters. The average Bonchev–Trinajstić information content (AvgIpc) is 2.88. The zero-order valence-electron chi connectivity index (χ0n) is 13.1. The molecule has 1 aliphatic heterocycles. The Hall–Kier alpha value is -1.66. The van der Waals surface area contributed by atoms with E-state index in [1.54, 1.807) is 0 Å². The quantitative estimate of drug-likeness (QED) is 0.781. The summed E-state index contributed by atoms with van der Waals surface area (Å²) < 4.78 is 13.0. The summed E-state index contributed by atoms with van der Waals surface area (Å²) in [7, 11) is 2.08. The third-order valence-electron chi connectivity index (χ3n) is 4.00. The van der Waals surface area contributed by atoms with Gasteiger partial charge in [0.15, 0.2) is 0 Å². The maximum atomic E-state index is 13.0. The third-order valence-corrected chi connectivity index (χ3v) is 4.29. The summed E-state index contributed by atoms with van der Waals surface area (Å²) in [4.78, 5) is 25.8. The number of hydrogen-bond donors (Lipinski definition) is 2. The van der Waals surface area contributed by atoms with E-state index < -0.39 is 11.7 Å². The number of benzene rings is 1. The fourth-order valence-electron chi connectivity index (χ4n) is 2.71. The predicted molar refractivity (Wildman–Crippen MR) is 87.9 cm³/mol. The zero-order chi connectivity index (χ0) is 16.8. The number of nitrogens with one attached hydrogen (secondary N) is 2. The number of hydrogen-bond acceptors (Lipinski definition) is 3. The Kier molecular flexibility index (Phi) is 6.36. The Labute approximate surface area is 140 Å². The van der Waals surface area contributed by atoms with Crippen molar-refractivity contribution in [2.45, 2.75) is 31.7 Å². The topological polar surface area (TPSA) is 61.4 Å². The maximum absolute atomic E-state index is 13.0. The third kappa shape index (κ3) is 5.48. The fourth-order valence-corrected chi connectivity index (χ4v) is 2.89. The summed E-state index contributed by atoms with van der Waals surface area (Å²) in [6.45, 7) is 1.66. The van der Waals surface area contributed by atoms with Crippen LogP contribution in [0.3, 0.4) is 0 Å². The molecule has 1 heterocycles. The largest absolute Gasteiger partial charge is 0.356 e. The van der Waals surface area contributed by atoms with Crippen molar-refractivity contribution in [1.29, 1.82) is 0 Å². The highest BCUT2D eigenvalue weighted by Crippen LogP contribution is 2.19. The molecule has 1 aromatic rings. The Morgan fingerprint density at radius 3 is 2.83 bits per heavy atom. The van der Waals surface area contributed by atoms with Crippen LogP contribution in [0, 0.1) is 5.82 Å². The van der Waals surface area contributed by atoms with Crippen molar-refractivity contribution in [2.75, 3.05) is 25.5 Å². The van der Waals surface area contributed by atoms with Crippen LogP contribution in [0.4, 0.5) is 10.1 Å². The van der Waals surface area contributed by atoms with E-state index in [1.807, 2.05) is 0 Å². The molecular formula is C16H21ClFN3O2. The minimum atomic E-state index is -0.556. The van der Waals surface area contributed by atoms with Crippen LogP contribution in [0.1, 0.15) is 25.7 Å². The molecular weight excluding hydrogens is 321 g/mol. The van der Waals surface area contributed by atoms with Crippen LogP contribution in [0.25, 0.3) is 0 Å². The van der Waals surface area contributed by atoms with Gasteiger partial charge in [-0.25, -0.2) is 4.39 Å². The lowest BCUT2D eigenvalue weighted by molar-refractivity contribution is -0.126. The van der Waals surface area contributed by atoms with Crippen LogP contribution in [0.2, 0.25) is 5.02 Å². The van der Waals surface area contributed by atoms with Gasteiger partial charge in [0, 0.05) is 18.3 Å². The first-order chi connectivity index (χ1) is 11.0. The number of likely N-dealkylation sites (tertiary alicyclic amines) is 1. The van der Waals surface area contributed by atoms with Gasteiger partial charge in [0.05, 0.1) is 5.02 Å².